The zero-order chi connectivity index (χ0) is 14.0. The summed E-state index contributed by atoms with van der Waals surface area (Å²) in [6.45, 7) is 0.363. The van der Waals surface area contributed by atoms with Crippen molar-refractivity contribution in [1.82, 2.24) is 4.90 Å². The zero-order valence-corrected chi connectivity index (χ0v) is 11.0. The van der Waals surface area contributed by atoms with Gasteiger partial charge in [0.2, 0.25) is 5.91 Å². The molecule has 1 saturated carbocycles. The number of β-amino-alcohol motifs (C(OH)–C–C–N with tert-alkyl or cyclic N) is 1. The molecule has 0 aromatic carbocycles. The first-order chi connectivity index (χ1) is 9.00. The molecule has 0 unspecified atom stereocenters. The third-order valence-corrected chi connectivity index (χ3v) is 4.48. The average molecular weight is 270 g/mol. The lowest BCUT2D eigenvalue weighted by atomic mass is 9.73. The summed E-state index contributed by atoms with van der Waals surface area (Å²) in [6, 6.07) is -0.909. The number of carbonyl (C=O) groups is 2. The van der Waals surface area contributed by atoms with Crippen molar-refractivity contribution in [2.45, 2.75) is 50.7 Å². The number of aliphatic hydroxyl groups excluding tert-OH is 1. The summed E-state index contributed by atoms with van der Waals surface area (Å²) < 4.78 is 0. The quantitative estimate of drug-likeness (QED) is 0.666. The second kappa shape index (κ2) is 5.46. The van der Waals surface area contributed by atoms with Crippen LogP contribution in [0.1, 0.15) is 38.5 Å². The fraction of sp³-hybridized carbons (Fsp3) is 0.846. The van der Waals surface area contributed by atoms with Gasteiger partial charge in [0, 0.05) is 19.5 Å². The fourth-order valence-corrected chi connectivity index (χ4v) is 3.31. The smallest absolute Gasteiger partial charge is 0.326 e. The molecule has 2 rings (SSSR count). The minimum atomic E-state index is -1.05. The van der Waals surface area contributed by atoms with Crippen LogP contribution in [0.25, 0.3) is 0 Å². The van der Waals surface area contributed by atoms with Crippen molar-refractivity contribution < 1.29 is 19.8 Å². The summed E-state index contributed by atoms with van der Waals surface area (Å²) in [5.74, 6) is -1.23. The van der Waals surface area contributed by atoms with Crippen LogP contribution in [0.5, 0.6) is 0 Å². The van der Waals surface area contributed by atoms with E-state index in [1.807, 2.05) is 0 Å². The molecule has 4 N–H and O–H groups in total. The van der Waals surface area contributed by atoms with E-state index in [0.29, 0.717) is 0 Å². The van der Waals surface area contributed by atoms with Crippen molar-refractivity contribution in [1.29, 1.82) is 0 Å². The van der Waals surface area contributed by atoms with Crippen LogP contribution >= 0.6 is 0 Å². The van der Waals surface area contributed by atoms with Crippen LogP contribution in [-0.4, -0.2) is 52.2 Å². The van der Waals surface area contributed by atoms with Crippen molar-refractivity contribution in [3.05, 3.63) is 0 Å². The Kier molecular flexibility index (Phi) is 4.10. The Hall–Kier alpha value is -1.14. The number of aliphatic hydroxyl groups is 1. The summed E-state index contributed by atoms with van der Waals surface area (Å²) in [6.07, 6.45) is 3.82. The number of hydrogen-bond acceptors (Lipinski definition) is 4. The van der Waals surface area contributed by atoms with Gasteiger partial charge in [-0.25, -0.2) is 4.79 Å². The van der Waals surface area contributed by atoms with Gasteiger partial charge in [-0.2, -0.15) is 0 Å². The van der Waals surface area contributed by atoms with Gasteiger partial charge in [-0.05, 0) is 12.8 Å². The van der Waals surface area contributed by atoms with E-state index >= 15 is 0 Å². The van der Waals surface area contributed by atoms with E-state index in [1.165, 1.54) is 4.90 Å². The molecule has 19 heavy (non-hydrogen) atoms. The van der Waals surface area contributed by atoms with Crippen LogP contribution in [0, 0.1) is 5.41 Å². The van der Waals surface area contributed by atoms with Crippen molar-refractivity contribution in [3.63, 3.8) is 0 Å². The molecule has 0 bridgehead atoms. The van der Waals surface area contributed by atoms with Gasteiger partial charge in [0.1, 0.15) is 6.04 Å². The molecule has 1 saturated heterocycles. The Labute approximate surface area is 112 Å². The predicted octanol–water partition coefficient (Wildman–Crippen LogP) is -0.0580. The molecular formula is C13H22N2O4. The molecule has 1 amide bonds. The van der Waals surface area contributed by atoms with Gasteiger partial charge in [-0.3, -0.25) is 4.79 Å². The first-order valence-corrected chi connectivity index (χ1v) is 6.92. The Morgan fingerprint density at radius 1 is 1.26 bits per heavy atom. The molecule has 0 radical (unpaired) electrons. The minimum Gasteiger partial charge on any atom is -0.480 e. The maximum Gasteiger partial charge on any atom is 0.326 e. The van der Waals surface area contributed by atoms with Gasteiger partial charge in [0.15, 0.2) is 0 Å². The van der Waals surface area contributed by atoms with E-state index in [0.717, 1.165) is 32.1 Å². The first-order valence-electron chi connectivity index (χ1n) is 6.92. The Morgan fingerprint density at radius 3 is 2.42 bits per heavy atom. The molecule has 6 heteroatoms. The van der Waals surface area contributed by atoms with Gasteiger partial charge < -0.3 is 20.8 Å². The van der Waals surface area contributed by atoms with Crippen molar-refractivity contribution in [3.8, 4) is 0 Å². The highest BCUT2D eigenvalue weighted by molar-refractivity contribution is 5.88. The number of nitrogens with zero attached hydrogens (tertiary/aromatic N) is 1. The second-order valence-electron chi connectivity index (χ2n) is 5.75. The fourth-order valence-electron chi connectivity index (χ4n) is 3.31. The third kappa shape index (κ3) is 2.60. The number of likely N-dealkylation sites (tertiary alicyclic amines) is 1. The monoisotopic (exact) mass is 270 g/mol. The van der Waals surface area contributed by atoms with E-state index in [-0.39, 0.29) is 25.4 Å². The summed E-state index contributed by atoms with van der Waals surface area (Å²) in [4.78, 5) is 25.2. The van der Waals surface area contributed by atoms with Gasteiger partial charge in [0.25, 0.3) is 0 Å². The summed E-state index contributed by atoms with van der Waals surface area (Å²) >= 11 is 0. The van der Waals surface area contributed by atoms with E-state index in [2.05, 4.69) is 0 Å². The number of aliphatic carboxylic acids is 1. The zero-order valence-electron chi connectivity index (χ0n) is 11.0. The molecule has 2 fully saturated rings. The number of carboxylic acids is 1. The van der Waals surface area contributed by atoms with Crippen molar-refractivity contribution >= 4 is 11.9 Å². The average Bonchev–Trinajstić information content (AvgIpc) is 2.81. The number of nitrogens with two attached hydrogens (primary N) is 1. The summed E-state index contributed by atoms with van der Waals surface area (Å²) in [5, 5.41) is 18.8. The van der Waals surface area contributed by atoms with Gasteiger partial charge in [0.05, 0.1) is 11.5 Å². The van der Waals surface area contributed by atoms with Gasteiger partial charge >= 0.3 is 5.97 Å². The van der Waals surface area contributed by atoms with Crippen LogP contribution in [0.2, 0.25) is 0 Å². The number of rotatable bonds is 3. The number of hydrogen-bond donors (Lipinski definition) is 3. The number of amides is 1. The maximum absolute atomic E-state index is 12.7. The Morgan fingerprint density at radius 2 is 1.89 bits per heavy atom. The molecule has 6 nitrogen and oxygen atoms in total. The lowest BCUT2D eigenvalue weighted by molar-refractivity contribution is -0.154. The standard InChI is InChI=1S/C13H22N2O4/c14-8-13(4-2-1-3-5-13)12(19)15-7-9(16)6-10(15)11(17)18/h9-10,16H,1-8,14H2,(H,17,18)/t9-,10-/m0/s1. The lowest BCUT2D eigenvalue weighted by Gasteiger charge is -2.38. The van der Waals surface area contributed by atoms with E-state index in [9.17, 15) is 14.7 Å². The highest BCUT2D eigenvalue weighted by Gasteiger charge is 2.47. The summed E-state index contributed by atoms with van der Waals surface area (Å²) in [7, 11) is 0. The molecule has 1 aliphatic carbocycles. The molecule has 1 aliphatic heterocycles. The second-order valence-corrected chi connectivity index (χ2v) is 5.75. The number of carboxylic acid groups (broad SMARTS) is 1. The highest BCUT2D eigenvalue weighted by atomic mass is 16.4. The molecule has 108 valence electrons. The van der Waals surface area contributed by atoms with Crippen LogP contribution in [0.15, 0.2) is 0 Å². The van der Waals surface area contributed by atoms with E-state index < -0.39 is 23.5 Å². The SMILES string of the molecule is NCC1(C(=O)N2C[C@@H](O)C[C@H]2C(=O)O)CCCCC1. The van der Waals surface area contributed by atoms with Crippen molar-refractivity contribution in [2.75, 3.05) is 13.1 Å². The molecule has 1 heterocycles. The first kappa shape index (κ1) is 14.3. The molecule has 0 aromatic heterocycles. The van der Waals surface area contributed by atoms with Gasteiger partial charge in [-0.15, -0.1) is 0 Å². The van der Waals surface area contributed by atoms with Crippen LogP contribution in [0.3, 0.4) is 0 Å². The Bertz CT molecular complexity index is 366. The molecule has 2 atom stereocenters. The van der Waals surface area contributed by atoms with Crippen LogP contribution in [-0.2, 0) is 9.59 Å². The predicted molar refractivity (Wildman–Crippen MR) is 68.3 cm³/mol. The molecule has 0 aromatic rings. The normalized spacial score (nSPS) is 30.3. The van der Waals surface area contributed by atoms with Crippen molar-refractivity contribution in [2.24, 2.45) is 11.1 Å². The summed E-state index contributed by atoms with van der Waals surface area (Å²) in [5.41, 5.74) is 5.19. The largest absolute Gasteiger partial charge is 0.480 e. The number of carbonyl (C=O) groups excluding carboxylic acids is 1. The van der Waals surface area contributed by atoms with Gasteiger partial charge in [-0.1, -0.05) is 19.3 Å². The van der Waals surface area contributed by atoms with Crippen LogP contribution in [0.4, 0.5) is 0 Å². The molecule has 2 aliphatic rings. The minimum absolute atomic E-state index is 0.109. The van der Waals surface area contributed by atoms with E-state index in [4.69, 9.17) is 10.8 Å². The lowest BCUT2D eigenvalue weighted by Crippen LogP contribution is -2.52. The molecular weight excluding hydrogens is 248 g/mol. The Balaban J connectivity index is 2.19. The van der Waals surface area contributed by atoms with E-state index in [1.54, 1.807) is 0 Å². The van der Waals surface area contributed by atoms with Crippen LogP contribution < -0.4 is 5.73 Å². The topological polar surface area (TPSA) is 104 Å². The molecule has 0 spiro atoms. The third-order valence-electron chi connectivity index (χ3n) is 4.48. The highest BCUT2D eigenvalue weighted by Crippen LogP contribution is 2.38. The maximum atomic E-state index is 12.7.